The van der Waals surface area contributed by atoms with Crippen molar-refractivity contribution in [2.45, 2.75) is 6.42 Å². The summed E-state index contributed by atoms with van der Waals surface area (Å²) in [6, 6.07) is 7.31. The van der Waals surface area contributed by atoms with Crippen LogP contribution < -0.4 is 5.73 Å². The second-order valence-corrected chi connectivity index (χ2v) is 5.34. The molecule has 0 aromatic heterocycles. The van der Waals surface area contributed by atoms with Gasteiger partial charge in [0.15, 0.2) is 0 Å². The van der Waals surface area contributed by atoms with Gasteiger partial charge in [-0.05, 0) is 18.1 Å². The van der Waals surface area contributed by atoms with Gasteiger partial charge in [0.1, 0.15) is 9.84 Å². The van der Waals surface area contributed by atoms with Crippen LogP contribution in [0.4, 0.5) is 5.69 Å². The fraction of sp³-hybridized carbons (Fsp3) is 0.333. The largest absolute Gasteiger partial charge is 0.399 e. The number of benzene rings is 1. The van der Waals surface area contributed by atoms with Crippen LogP contribution in [0.5, 0.6) is 0 Å². The molecule has 1 aromatic rings. The normalized spacial score (nSPS) is 11.5. The highest BCUT2D eigenvalue weighted by atomic mass is 32.2. The molecular formula is C9H13NO2S. The fourth-order valence-electron chi connectivity index (χ4n) is 1.06. The lowest BCUT2D eigenvalue weighted by molar-refractivity contribution is 0.601. The van der Waals surface area contributed by atoms with Gasteiger partial charge < -0.3 is 5.73 Å². The number of nitrogen functional groups attached to an aromatic ring is 1. The monoisotopic (exact) mass is 199 g/mol. The van der Waals surface area contributed by atoms with Crippen molar-refractivity contribution in [3.63, 3.8) is 0 Å². The molecule has 2 N–H and O–H groups in total. The van der Waals surface area contributed by atoms with Crippen LogP contribution in [0.1, 0.15) is 5.56 Å². The molecule has 0 aliphatic carbocycles. The van der Waals surface area contributed by atoms with Crippen LogP contribution in [0.15, 0.2) is 24.3 Å². The zero-order valence-corrected chi connectivity index (χ0v) is 8.34. The molecule has 0 unspecified atom stereocenters. The summed E-state index contributed by atoms with van der Waals surface area (Å²) in [5.74, 6) is 0.154. The summed E-state index contributed by atoms with van der Waals surface area (Å²) in [6.45, 7) is 0. The van der Waals surface area contributed by atoms with Crippen molar-refractivity contribution in [1.82, 2.24) is 0 Å². The van der Waals surface area contributed by atoms with E-state index >= 15 is 0 Å². The van der Waals surface area contributed by atoms with Gasteiger partial charge in [0.25, 0.3) is 0 Å². The highest BCUT2D eigenvalue weighted by molar-refractivity contribution is 7.90. The van der Waals surface area contributed by atoms with Gasteiger partial charge in [0.05, 0.1) is 5.75 Å². The highest BCUT2D eigenvalue weighted by Gasteiger charge is 2.04. The molecule has 13 heavy (non-hydrogen) atoms. The molecule has 1 rings (SSSR count). The first-order valence-electron chi connectivity index (χ1n) is 4.00. The van der Waals surface area contributed by atoms with Crippen LogP contribution >= 0.6 is 0 Å². The van der Waals surface area contributed by atoms with E-state index in [1.54, 1.807) is 6.07 Å². The SMILES string of the molecule is CS(=O)(=O)CCc1ccccc1N. The molecule has 0 amide bonds. The molecule has 0 radical (unpaired) electrons. The van der Waals surface area contributed by atoms with Gasteiger partial charge in [-0.15, -0.1) is 0 Å². The summed E-state index contributed by atoms with van der Waals surface area (Å²) in [7, 11) is -2.89. The molecule has 0 spiro atoms. The average molecular weight is 199 g/mol. The summed E-state index contributed by atoms with van der Waals surface area (Å²) in [6.07, 6.45) is 1.72. The maximum atomic E-state index is 10.9. The Morgan fingerprint density at radius 2 is 1.92 bits per heavy atom. The number of aryl methyl sites for hydroxylation is 1. The van der Waals surface area contributed by atoms with Crippen LogP contribution in [0.3, 0.4) is 0 Å². The Hall–Kier alpha value is -1.03. The Morgan fingerprint density at radius 3 is 2.46 bits per heavy atom. The van der Waals surface area contributed by atoms with E-state index in [0.717, 1.165) is 5.56 Å². The Morgan fingerprint density at radius 1 is 1.31 bits per heavy atom. The van der Waals surface area contributed by atoms with E-state index in [0.29, 0.717) is 12.1 Å². The molecule has 0 saturated heterocycles. The Bertz CT molecular complexity index is 384. The van der Waals surface area contributed by atoms with Gasteiger partial charge in [-0.3, -0.25) is 0 Å². The summed E-state index contributed by atoms with van der Waals surface area (Å²) in [4.78, 5) is 0. The second-order valence-electron chi connectivity index (χ2n) is 3.08. The standard InChI is InChI=1S/C9H13NO2S/c1-13(11,12)7-6-8-4-2-3-5-9(8)10/h2-5H,6-7,10H2,1H3. The minimum Gasteiger partial charge on any atom is -0.399 e. The maximum absolute atomic E-state index is 10.9. The number of sulfone groups is 1. The van der Waals surface area contributed by atoms with Crippen molar-refractivity contribution in [2.75, 3.05) is 17.7 Å². The number of hydrogen-bond acceptors (Lipinski definition) is 3. The van der Waals surface area contributed by atoms with E-state index in [1.807, 2.05) is 18.2 Å². The first-order valence-corrected chi connectivity index (χ1v) is 6.06. The molecule has 0 bridgehead atoms. The smallest absolute Gasteiger partial charge is 0.147 e. The van der Waals surface area contributed by atoms with E-state index in [1.165, 1.54) is 6.26 Å². The Kier molecular flexibility index (Phi) is 2.93. The van der Waals surface area contributed by atoms with Crippen LogP contribution in [0.25, 0.3) is 0 Å². The van der Waals surface area contributed by atoms with E-state index in [2.05, 4.69) is 0 Å². The van der Waals surface area contributed by atoms with Gasteiger partial charge in [-0.1, -0.05) is 18.2 Å². The van der Waals surface area contributed by atoms with E-state index in [4.69, 9.17) is 5.73 Å². The van der Waals surface area contributed by atoms with Crippen molar-refractivity contribution in [1.29, 1.82) is 0 Å². The van der Waals surface area contributed by atoms with Gasteiger partial charge in [-0.2, -0.15) is 0 Å². The molecule has 0 saturated carbocycles. The number of anilines is 1. The third-order valence-corrected chi connectivity index (χ3v) is 2.74. The Labute approximate surface area is 78.5 Å². The topological polar surface area (TPSA) is 60.2 Å². The molecule has 0 fully saturated rings. The predicted molar refractivity (Wildman–Crippen MR) is 54.3 cm³/mol. The van der Waals surface area contributed by atoms with Crippen LogP contribution in [0.2, 0.25) is 0 Å². The average Bonchev–Trinajstić information content (AvgIpc) is 2.01. The van der Waals surface area contributed by atoms with Crippen molar-refractivity contribution in [3.05, 3.63) is 29.8 Å². The third kappa shape index (κ3) is 3.46. The molecule has 0 heterocycles. The highest BCUT2D eigenvalue weighted by Crippen LogP contribution is 2.11. The summed E-state index contributed by atoms with van der Waals surface area (Å²) in [5.41, 5.74) is 7.21. The van der Waals surface area contributed by atoms with E-state index in [9.17, 15) is 8.42 Å². The molecule has 0 atom stereocenters. The van der Waals surface area contributed by atoms with Gasteiger partial charge in [0, 0.05) is 11.9 Å². The summed E-state index contributed by atoms with van der Waals surface area (Å²) >= 11 is 0. The quantitative estimate of drug-likeness (QED) is 0.734. The van der Waals surface area contributed by atoms with Crippen LogP contribution in [-0.4, -0.2) is 20.4 Å². The third-order valence-electron chi connectivity index (χ3n) is 1.80. The van der Waals surface area contributed by atoms with Crippen LogP contribution in [-0.2, 0) is 16.3 Å². The first-order chi connectivity index (χ1) is 5.99. The number of rotatable bonds is 3. The van der Waals surface area contributed by atoms with Crippen molar-refractivity contribution in [2.24, 2.45) is 0 Å². The number of nitrogens with two attached hydrogens (primary N) is 1. The van der Waals surface area contributed by atoms with E-state index < -0.39 is 9.84 Å². The minimum atomic E-state index is -2.89. The molecule has 4 heteroatoms. The van der Waals surface area contributed by atoms with Crippen LogP contribution in [0, 0.1) is 0 Å². The van der Waals surface area contributed by atoms with Gasteiger partial charge >= 0.3 is 0 Å². The number of para-hydroxylation sites is 1. The molecule has 0 aliphatic heterocycles. The molecule has 0 aliphatic rings. The maximum Gasteiger partial charge on any atom is 0.147 e. The Balaban J connectivity index is 2.71. The lowest BCUT2D eigenvalue weighted by Gasteiger charge is -2.03. The predicted octanol–water partition coefficient (Wildman–Crippen LogP) is 0.856. The zero-order valence-electron chi connectivity index (χ0n) is 7.53. The summed E-state index contributed by atoms with van der Waals surface area (Å²) < 4.78 is 21.8. The van der Waals surface area contributed by atoms with Crippen molar-refractivity contribution in [3.8, 4) is 0 Å². The molecule has 3 nitrogen and oxygen atoms in total. The second kappa shape index (κ2) is 3.79. The lowest BCUT2D eigenvalue weighted by Crippen LogP contribution is -2.07. The fourth-order valence-corrected chi connectivity index (χ4v) is 1.65. The lowest BCUT2D eigenvalue weighted by atomic mass is 10.1. The molecule has 1 aromatic carbocycles. The first kappa shape index (κ1) is 10.1. The van der Waals surface area contributed by atoms with Crippen molar-refractivity contribution < 1.29 is 8.42 Å². The van der Waals surface area contributed by atoms with Crippen molar-refractivity contribution >= 4 is 15.5 Å². The van der Waals surface area contributed by atoms with Gasteiger partial charge in [0.2, 0.25) is 0 Å². The molecule has 72 valence electrons. The zero-order chi connectivity index (χ0) is 9.90. The number of hydrogen-bond donors (Lipinski definition) is 1. The minimum absolute atomic E-state index is 0.154. The van der Waals surface area contributed by atoms with E-state index in [-0.39, 0.29) is 5.75 Å². The molecular weight excluding hydrogens is 186 g/mol. The van der Waals surface area contributed by atoms with Gasteiger partial charge in [-0.25, -0.2) is 8.42 Å². The summed E-state index contributed by atoms with van der Waals surface area (Å²) in [5, 5.41) is 0.